The van der Waals surface area contributed by atoms with Crippen molar-refractivity contribution in [3.63, 3.8) is 0 Å². The Kier molecular flexibility index (Phi) is 3.88. The average molecular weight is 341 g/mol. The molecule has 1 aromatic carbocycles. The number of rotatable bonds is 2. The van der Waals surface area contributed by atoms with Gasteiger partial charge in [-0.25, -0.2) is 14.4 Å². The molecule has 1 aliphatic heterocycles. The molecule has 6 nitrogen and oxygen atoms in total. The zero-order valence-corrected chi connectivity index (χ0v) is 14.5. The molecule has 0 aliphatic carbocycles. The first-order chi connectivity index (χ1) is 12.1. The molecule has 2 aromatic heterocycles. The molecule has 0 radical (unpaired) electrons. The first-order valence-corrected chi connectivity index (χ1v) is 8.31. The fourth-order valence-corrected chi connectivity index (χ4v) is 3.61. The summed E-state index contributed by atoms with van der Waals surface area (Å²) >= 11 is 0. The summed E-state index contributed by atoms with van der Waals surface area (Å²) in [4.78, 5) is 10.9. The topological polar surface area (TPSA) is 56.1 Å². The normalized spacial score (nSPS) is 18.1. The van der Waals surface area contributed by atoms with Gasteiger partial charge in [0.05, 0.1) is 30.5 Å². The van der Waals surface area contributed by atoms with Crippen LogP contribution in [0.2, 0.25) is 0 Å². The fraction of sp³-hybridized carbons (Fsp3) is 0.389. The zero-order chi connectivity index (χ0) is 17.6. The molecule has 25 heavy (non-hydrogen) atoms. The van der Waals surface area contributed by atoms with Crippen LogP contribution in [0.4, 0.5) is 10.2 Å². The third-order valence-electron chi connectivity index (χ3n) is 4.88. The van der Waals surface area contributed by atoms with Gasteiger partial charge in [0.15, 0.2) is 0 Å². The van der Waals surface area contributed by atoms with Crippen LogP contribution in [-0.4, -0.2) is 39.5 Å². The van der Waals surface area contributed by atoms with E-state index in [0.29, 0.717) is 25.1 Å². The van der Waals surface area contributed by atoms with Gasteiger partial charge in [-0.05, 0) is 32.0 Å². The van der Waals surface area contributed by atoms with Crippen molar-refractivity contribution < 1.29 is 9.13 Å². The van der Waals surface area contributed by atoms with Crippen molar-refractivity contribution >= 4 is 16.7 Å². The zero-order valence-electron chi connectivity index (χ0n) is 14.5. The lowest BCUT2D eigenvalue weighted by Gasteiger charge is -2.37. The van der Waals surface area contributed by atoms with Crippen LogP contribution in [0.15, 0.2) is 24.5 Å². The number of hydrogen-bond donors (Lipinski definition) is 0. The van der Waals surface area contributed by atoms with E-state index in [-0.39, 0.29) is 11.9 Å². The monoisotopic (exact) mass is 341 g/mol. The Bertz CT molecular complexity index is 939. The third-order valence-corrected chi connectivity index (χ3v) is 4.88. The van der Waals surface area contributed by atoms with Crippen molar-refractivity contribution in [1.29, 1.82) is 0 Å². The highest BCUT2D eigenvalue weighted by atomic mass is 19.1. The van der Waals surface area contributed by atoms with E-state index in [1.165, 1.54) is 18.5 Å². The van der Waals surface area contributed by atoms with Gasteiger partial charge in [-0.15, -0.1) is 0 Å². The maximum absolute atomic E-state index is 13.8. The van der Waals surface area contributed by atoms with Crippen molar-refractivity contribution in [1.82, 2.24) is 19.7 Å². The number of hydrogen-bond acceptors (Lipinski definition) is 5. The molecule has 0 saturated carbocycles. The molecule has 0 N–H and O–H groups in total. The Labute approximate surface area is 145 Å². The Hall–Kier alpha value is -2.54. The van der Waals surface area contributed by atoms with Gasteiger partial charge in [0.25, 0.3) is 0 Å². The minimum Gasteiger partial charge on any atom is -0.377 e. The number of anilines is 1. The van der Waals surface area contributed by atoms with Crippen LogP contribution in [0.1, 0.15) is 23.0 Å². The minimum absolute atomic E-state index is 0.0104. The number of ether oxygens (including phenoxy) is 1. The molecule has 1 saturated heterocycles. The summed E-state index contributed by atoms with van der Waals surface area (Å²) in [7, 11) is 1.94. The maximum atomic E-state index is 13.8. The number of aryl methyl sites for hydroxylation is 2. The lowest BCUT2D eigenvalue weighted by molar-refractivity contribution is 0.0935. The van der Waals surface area contributed by atoms with Crippen molar-refractivity contribution in [3.8, 4) is 0 Å². The molecule has 1 fully saturated rings. The van der Waals surface area contributed by atoms with Crippen molar-refractivity contribution in [3.05, 3.63) is 47.3 Å². The van der Waals surface area contributed by atoms with Crippen molar-refractivity contribution in [2.45, 2.75) is 19.9 Å². The second kappa shape index (κ2) is 6.07. The number of aromatic nitrogens is 4. The Morgan fingerprint density at radius 3 is 2.84 bits per heavy atom. The summed E-state index contributed by atoms with van der Waals surface area (Å²) < 4.78 is 21.5. The molecular formula is C18H20FN5O. The van der Waals surface area contributed by atoms with Crippen LogP contribution in [0.25, 0.3) is 10.9 Å². The molecular weight excluding hydrogens is 321 g/mol. The fourth-order valence-electron chi connectivity index (χ4n) is 3.61. The van der Waals surface area contributed by atoms with E-state index >= 15 is 0 Å². The van der Waals surface area contributed by atoms with Crippen LogP contribution in [0, 0.1) is 19.7 Å². The second-order valence-corrected chi connectivity index (χ2v) is 6.35. The predicted octanol–water partition coefficient (Wildman–Crippen LogP) is 2.70. The Balaban J connectivity index is 1.87. The molecule has 0 bridgehead atoms. The standard InChI is InChI=1S/C18H20FN5O/c1-11-17(12(2)23(3)22-11)16-9-25-7-6-24(16)18-14-8-13(19)4-5-15(14)20-10-21-18/h4-5,8,10,16H,6-7,9H2,1-3H3. The first-order valence-electron chi connectivity index (χ1n) is 8.31. The summed E-state index contributed by atoms with van der Waals surface area (Å²) in [5.74, 6) is 0.447. The number of benzene rings is 1. The lowest BCUT2D eigenvalue weighted by Crippen LogP contribution is -2.40. The SMILES string of the molecule is Cc1nn(C)c(C)c1C1COCCN1c1ncnc2ccc(F)cc12. The molecule has 1 unspecified atom stereocenters. The Morgan fingerprint density at radius 1 is 1.24 bits per heavy atom. The predicted molar refractivity (Wildman–Crippen MR) is 93.1 cm³/mol. The highest BCUT2D eigenvalue weighted by Crippen LogP contribution is 2.35. The molecule has 130 valence electrons. The number of halogens is 1. The molecule has 0 spiro atoms. The summed E-state index contributed by atoms with van der Waals surface area (Å²) in [5, 5.41) is 5.25. The number of fused-ring (bicyclic) bond motifs is 1. The van der Waals surface area contributed by atoms with Gasteiger partial charge < -0.3 is 9.64 Å². The van der Waals surface area contributed by atoms with E-state index in [1.807, 2.05) is 18.7 Å². The summed E-state index contributed by atoms with van der Waals surface area (Å²) in [6.07, 6.45) is 1.53. The lowest BCUT2D eigenvalue weighted by atomic mass is 10.0. The van der Waals surface area contributed by atoms with Crippen LogP contribution >= 0.6 is 0 Å². The third kappa shape index (κ3) is 2.64. The smallest absolute Gasteiger partial charge is 0.140 e. The number of nitrogens with zero attached hydrogens (tertiary/aromatic N) is 5. The average Bonchev–Trinajstić information content (AvgIpc) is 2.86. The van der Waals surface area contributed by atoms with E-state index in [9.17, 15) is 4.39 Å². The van der Waals surface area contributed by atoms with E-state index < -0.39 is 0 Å². The summed E-state index contributed by atoms with van der Waals surface area (Å²) in [6.45, 7) is 5.90. The molecule has 7 heteroatoms. The van der Waals surface area contributed by atoms with Gasteiger partial charge in [-0.1, -0.05) is 0 Å². The molecule has 1 atom stereocenters. The van der Waals surface area contributed by atoms with E-state index in [1.54, 1.807) is 6.07 Å². The van der Waals surface area contributed by atoms with Crippen molar-refractivity contribution in [2.24, 2.45) is 7.05 Å². The van der Waals surface area contributed by atoms with E-state index in [0.717, 1.165) is 28.3 Å². The van der Waals surface area contributed by atoms with E-state index in [4.69, 9.17) is 4.74 Å². The minimum atomic E-state index is -0.290. The maximum Gasteiger partial charge on any atom is 0.140 e. The van der Waals surface area contributed by atoms with Crippen LogP contribution < -0.4 is 4.90 Å². The highest BCUT2D eigenvalue weighted by Gasteiger charge is 2.31. The molecule has 3 aromatic rings. The molecule has 1 aliphatic rings. The van der Waals surface area contributed by atoms with Gasteiger partial charge in [-0.2, -0.15) is 5.10 Å². The quantitative estimate of drug-likeness (QED) is 0.717. The summed E-state index contributed by atoms with van der Waals surface area (Å²) in [6, 6.07) is 4.60. The van der Waals surface area contributed by atoms with E-state index in [2.05, 4.69) is 26.9 Å². The van der Waals surface area contributed by atoms with Gasteiger partial charge in [-0.3, -0.25) is 4.68 Å². The van der Waals surface area contributed by atoms with Gasteiger partial charge in [0, 0.05) is 30.2 Å². The van der Waals surface area contributed by atoms with Crippen LogP contribution in [0.5, 0.6) is 0 Å². The van der Waals surface area contributed by atoms with Gasteiger partial charge >= 0.3 is 0 Å². The highest BCUT2D eigenvalue weighted by molar-refractivity contribution is 5.89. The molecule has 4 rings (SSSR count). The van der Waals surface area contributed by atoms with Gasteiger partial charge in [0.2, 0.25) is 0 Å². The van der Waals surface area contributed by atoms with Gasteiger partial charge in [0.1, 0.15) is 18.0 Å². The van der Waals surface area contributed by atoms with Crippen LogP contribution in [0.3, 0.4) is 0 Å². The molecule has 3 heterocycles. The van der Waals surface area contributed by atoms with Crippen LogP contribution in [-0.2, 0) is 11.8 Å². The molecule has 0 amide bonds. The summed E-state index contributed by atoms with van der Waals surface area (Å²) in [5.41, 5.74) is 3.95. The Morgan fingerprint density at radius 2 is 2.08 bits per heavy atom. The number of morpholine rings is 1. The second-order valence-electron chi connectivity index (χ2n) is 6.35. The van der Waals surface area contributed by atoms with Crippen molar-refractivity contribution in [2.75, 3.05) is 24.7 Å². The largest absolute Gasteiger partial charge is 0.377 e. The first kappa shape index (κ1) is 16.0.